The zero-order chi connectivity index (χ0) is 16.2. The van der Waals surface area contributed by atoms with Crippen molar-refractivity contribution in [2.24, 2.45) is 0 Å². The van der Waals surface area contributed by atoms with Crippen LogP contribution in [0.1, 0.15) is 20.7 Å². The molecule has 1 aromatic carbocycles. The standard InChI is InChI=1S/C16H12N4O3/c21-14(11-4-2-1-3-5-11)18-13-10-20(19-15(13)22)16(23)12-6-8-17-9-7-12/h1-10H,(H,18,21)(H,19,22). The van der Waals surface area contributed by atoms with Gasteiger partial charge in [-0.05, 0) is 24.3 Å². The monoisotopic (exact) mass is 308 g/mol. The van der Waals surface area contributed by atoms with Gasteiger partial charge in [0.05, 0.1) is 6.20 Å². The van der Waals surface area contributed by atoms with Crippen LogP contribution >= 0.6 is 0 Å². The first-order valence-corrected chi connectivity index (χ1v) is 6.78. The highest BCUT2D eigenvalue weighted by Crippen LogP contribution is 2.06. The van der Waals surface area contributed by atoms with Gasteiger partial charge in [-0.1, -0.05) is 18.2 Å². The molecule has 7 heteroatoms. The largest absolute Gasteiger partial charge is 0.316 e. The average Bonchev–Trinajstić information content (AvgIpc) is 2.96. The lowest BCUT2D eigenvalue weighted by Crippen LogP contribution is -2.17. The minimum absolute atomic E-state index is 0.00117. The normalized spacial score (nSPS) is 10.3. The number of aromatic amines is 1. The van der Waals surface area contributed by atoms with Crippen molar-refractivity contribution in [3.63, 3.8) is 0 Å². The van der Waals surface area contributed by atoms with Gasteiger partial charge >= 0.3 is 0 Å². The lowest BCUT2D eigenvalue weighted by molar-refractivity contribution is 0.0943. The van der Waals surface area contributed by atoms with Crippen LogP contribution < -0.4 is 10.9 Å². The van der Waals surface area contributed by atoms with E-state index in [9.17, 15) is 14.4 Å². The number of hydrogen-bond acceptors (Lipinski definition) is 4. The fourth-order valence-electron chi connectivity index (χ4n) is 2.01. The molecule has 0 atom stereocenters. The minimum Gasteiger partial charge on any atom is -0.316 e. The Bertz CT molecular complexity index is 898. The van der Waals surface area contributed by atoms with Gasteiger partial charge in [-0.15, -0.1) is 0 Å². The molecule has 2 N–H and O–H groups in total. The van der Waals surface area contributed by atoms with E-state index in [1.165, 1.54) is 30.7 Å². The Morgan fingerprint density at radius 2 is 1.70 bits per heavy atom. The minimum atomic E-state index is -0.559. The molecule has 0 radical (unpaired) electrons. The van der Waals surface area contributed by atoms with Crippen LogP contribution in [0.25, 0.3) is 0 Å². The molecule has 3 aromatic rings. The molecule has 0 aliphatic carbocycles. The molecule has 3 rings (SSSR count). The molecule has 0 bridgehead atoms. The number of carbonyl (C=O) groups excluding carboxylic acids is 2. The molecule has 1 amide bonds. The maximum Gasteiger partial charge on any atom is 0.288 e. The molecule has 2 heterocycles. The van der Waals surface area contributed by atoms with Crippen molar-refractivity contribution < 1.29 is 9.59 Å². The van der Waals surface area contributed by atoms with Gasteiger partial charge in [-0.3, -0.25) is 24.5 Å². The Morgan fingerprint density at radius 3 is 2.39 bits per heavy atom. The molecule has 0 aliphatic heterocycles. The molecule has 7 nitrogen and oxygen atoms in total. The Kier molecular flexibility index (Phi) is 3.84. The molecule has 23 heavy (non-hydrogen) atoms. The number of anilines is 1. The number of rotatable bonds is 3. The molecule has 0 saturated heterocycles. The Balaban J connectivity index is 1.83. The molecule has 0 spiro atoms. The summed E-state index contributed by atoms with van der Waals surface area (Å²) in [5.41, 5.74) is 0.227. The maximum absolute atomic E-state index is 12.2. The van der Waals surface area contributed by atoms with Crippen molar-refractivity contribution in [2.45, 2.75) is 0 Å². The van der Waals surface area contributed by atoms with E-state index in [2.05, 4.69) is 15.4 Å². The van der Waals surface area contributed by atoms with Crippen molar-refractivity contribution in [2.75, 3.05) is 5.32 Å². The fourth-order valence-corrected chi connectivity index (χ4v) is 2.01. The SMILES string of the molecule is O=C(Nc1cn(C(=O)c2ccncc2)[nH]c1=O)c1ccccc1. The molecular formula is C16H12N4O3. The van der Waals surface area contributed by atoms with Gasteiger partial charge in [-0.25, -0.2) is 4.68 Å². The van der Waals surface area contributed by atoms with Gasteiger partial charge in [0, 0.05) is 23.5 Å². The van der Waals surface area contributed by atoms with Crippen molar-refractivity contribution in [1.29, 1.82) is 0 Å². The third-order valence-electron chi connectivity index (χ3n) is 3.16. The third kappa shape index (κ3) is 3.08. The number of carbonyl (C=O) groups is 2. The molecule has 0 fully saturated rings. The van der Waals surface area contributed by atoms with Crippen molar-refractivity contribution in [3.05, 3.63) is 82.5 Å². The second kappa shape index (κ2) is 6.10. The Morgan fingerprint density at radius 1 is 1.00 bits per heavy atom. The van der Waals surface area contributed by atoms with E-state index >= 15 is 0 Å². The maximum atomic E-state index is 12.2. The number of hydrogen-bond donors (Lipinski definition) is 2. The van der Waals surface area contributed by atoms with E-state index in [1.54, 1.807) is 30.3 Å². The van der Waals surface area contributed by atoms with E-state index in [4.69, 9.17) is 0 Å². The quantitative estimate of drug-likeness (QED) is 0.766. The smallest absolute Gasteiger partial charge is 0.288 e. The number of pyridine rings is 1. The Hall–Kier alpha value is -3.48. The van der Waals surface area contributed by atoms with E-state index in [1.807, 2.05) is 0 Å². The number of nitrogens with zero attached hydrogens (tertiary/aromatic N) is 2. The number of H-pyrrole nitrogens is 1. The van der Waals surface area contributed by atoms with Crippen LogP contribution in [0.3, 0.4) is 0 Å². The molecule has 0 unspecified atom stereocenters. The van der Waals surface area contributed by atoms with Crippen molar-refractivity contribution in [3.8, 4) is 0 Å². The fraction of sp³-hybridized carbons (Fsp3) is 0. The summed E-state index contributed by atoms with van der Waals surface area (Å²) < 4.78 is 1.03. The van der Waals surface area contributed by atoms with Crippen LogP contribution in [0.2, 0.25) is 0 Å². The first-order valence-electron chi connectivity index (χ1n) is 6.78. The lowest BCUT2D eigenvalue weighted by atomic mass is 10.2. The van der Waals surface area contributed by atoms with Crippen molar-refractivity contribution >= 4 is 17.5 Å². The summed E-state index contributed by atoms with van der Waals surface area (Å²) in [7, 11) is 0. The highest BCUT2D eigenvalue weighted by Gasteiger charge is 2.14. The highest BCUT2D eigenvalue weighted by atomic mass is 16.2. The van der Waals surface area contributed by atoms with Crippen LogP contribution in [0.4, 0.5) is 5.69 Å². The van der Waals surface area contributed by atoms with E-state index in [0.717, 1.165) is 4.68 Å². The summed E-state index contributed by atoms with van der Waals surface area (Å²) in [4.78, 5) is 40.0. The van der Waals surface area contributed by atoms with E-state index < -0.39 is 17.4 Å². The first-order chi connectivity index (χ1) is 11.1. The zero-order valence-corrected chi connectivity index (χ0v) is 11.9. The number of nitrogens with one attached hydrogen (secondary N) is 2. The van der Waals surface area contributed by atoms with Crippen LogP contribution in [-0.4, -0.2) is 26.6 Å². The highest BCUT2D eigenvalue weighted by molar-refractivity contribution is 6.04. The number of amides is 1. The lowest BCUT2D eigenvalue weighted by Gasteiger charge is -2.01. The molecular weight excluding hydrogens is 296 g/mol. The van der Waals surface area contributed by atoms with Gasteiger partial charge in [-0.2, -0.15) is 0 Å². The second-order valence-corrected chi connectivity index (χ2v) is 4.71. The predicted molar refractivity (Wildman–Crippen MR) is 83.4 cm³/mol. The number of aromatic nitrogens is 3. The van der Waals surface area contributed by atoms with Crippen LogP contribution in [0, 0.1) is 0 Å². The van der Waals surface area contributed by atoms with E-state index in [0.29, 0.717) is 11.1 Å². The van der Waals surface area contributed by atoms with Gasteiger partial charge in [0.1, 0.15) is 5.69 Å². The molecule has 114 valence electrons. The van der Waals surface area contributed by atoms with Crippen LogP contribution in [0.15, 0.2) is 65.8 Å². The summed E-state index contributed by atoms with van der Waals surface area (Å²) >= 11 is 0. The summed E-state index contributed by atoms with van der Waals surface area (Å²) in [6.07, 6.45) is 4.21. The summed E-state index contributed by atoms with van der Waals surface area (Å²) in [6, 6.07) is 11.5. The predicted octanol–water partition coefficient (Wildman–Crippen LogP) is 1.51. The summed E-state index contributed by atoms with van der Waals surface area (Å²) in [5, 5.41) is 4.86. The third-order valence-corrected chi connectivity index (χ3v) is 3.16. The van der Waals surface area contributed by atoms with Gasteiger partial charge in [0.2, 0.25) is 0 Å². The van der Waals surface area contributed by atoms with Crippen LogP contribution in [-0.2, 0) is 0 Å². The molecule has 2 aromatic heterocycles. The number of benzene rings is 1. The van der Waals surface area contributed by atoms with Crippen molar-refractivity contribution in [1.82, 2.24) is 14.8 Å². The first kappa shape index (κ1) is 14.5. The van der Waals surface area contributed by atoms with Gasteiger partial charge < -0.3 is 5.32 Å². The van der Waals surface area contributed by atoms with Gasteiger partial charge in [0.25, 0.3) is 17.4 Å². The summed E-state index contributed by atoms with van der Waals surface area (Å²) in [6.45, 7) is 0. The topological polar surface area (TPSA) is 96.8 Å². The van der Waals surface area contributed by atoms with Crippen LogP contribution in [0.5, 0.6) is 0 Å². The molecule has 0 aliphatic rings. The van der Waals surface area contributed by atoms with Gasteiger partial charge in [0.15, 0.2) is 0 Å². The zero-order valence-electron chi connectivity index (χ0n) is 11.9. The average molecular weight is 308 g/mol. The summed E-state index contributed by atoms with van der Waals surface area (Å²) in [5.74, 6) is -0.852. The second-order valence-electron chi connectivity index (χ2n) is 4.71. The molecule has 0 saturated carbocycles. The van der Waals surface area contributed by atoms with E-state index in [-0.39, 0.29) is 5.69 Å². The Labute approximate surface area is 130 Å².